The van der Waals surface area contributed by atoms with E-state index in [1.807, 2.05) is 18.2 Å². The Morgan fingerprint density at radius 2 is 1.89 bits per heavy atom. The summed E-state index contributed by atoms with van der Waals surface area (Å²) in [6.45, 7) is 0. The number of aromatic amines is 2. The number of benzene rings is 1. The smallest absolute Gasteiger partial charge is 0.255 e. The van der Waals surface area contributed by atoms with Crippen molar-refractivity contribution in [3.05, 3.63) is 56.7 Å². The fraction of sp³-hybridized carbons (Fsp3) is 0.231. The third kappa shape index (κ3) is 2.38. The van der Waals surface area contributed by atoms with Crippen LogP contribution in [0.1, 0.15) is 11.3 Å². The predicted octanol–water partition coefficient (Wildman–Crippen LogP) is 2.29. The van der Waals surface area contributed by atoms with Crippen LogP contribution < -0.4 is 10.9 Å². The van der Waals surface area contributed by atoms with Crippen molar-refractivity contribution in [2.75, 3.05) is 6.16 Å². The molecule has 0 spiro atoms. The van der Waals surface area contributed by atoms with E-state index in [1.165, 1.54) is 5.30 Å². The van der Waals surface area contributed by atoms with Crippen LogP contribution in [-0.4, -0.2) is 16.1 Å². The maximum absolute atomic E-state index is 12.0. The fourth-order valence-corrected chi connectivity index (χ4v) is 6.47. The number of hydrogen-bond acceptors (Lipinski definition) is 3. The molecule has 1 aliphatic heterocycles. The Hall–Kier alpha value is -1.03. The molecule has 3 nitrogen and oxygen atoms in total. The molecule has 0 radical (unpaired) electrons. The van der Waals surface area contributed by atoms with Crippen molar-refractivity contribution in [1.82, 2.24) is 9.97 Å². The Balaban J connectivity index is 2.10. The topological polar surface area (TPSA) is 48.6 Å². The molecule has 0 fully saturated rings. The summed E-state index contributed by atoms with van der Waals surface area (Å²) < 4.78 is 0.402. The lowest BCUT2D eigenvalue weighted by molar-refractivity contribution is 0.910. The summed E-state index contributed by atoms with van der Waals surface area (Å²) in [7, 11) is 0. The van der Waals surface area contributed by atoms with Gasteiger partial charge in [-0.15, -0.1) is 0 Å². The van der Waals surface area contributed by atoms with Crippen molar-refractivity contribution < 1.29 is 0 Å². The van der Waals surface area contributed by atoms with Crippen LogP contribution in [0.25, 0.3) is 0 Å². The molecule has 1 aromatic carbocycles. The van der Waals surface area contributed by atoms with Crippen molar-refractivity contribution >= 4 is 35.4 Å². The predicted molar refractivity (Wildman–Crippen MR) is 84.9 cm³/mol. The largest absolute Gasteiger partial charge is 0.336 e. The zero-order valence-corrected chi connectivity index (χ0v) is 12.7. The van der Waals surface area contributed by atoms with Gasteiger partial charge in [-0.05, 0) is 36.1 Å². The number of H-pyrrole nitrogens is 2. The van der Waals surface area contributed by atoms with E-state index in [9.17, 15) is 4.79 Å². The van der Waals surface area contributed by atoms with Gasteiger partial charge >= 0.3 is 0 Å². The second kappa shape index (κ2) is 4.82. The molecule has 1 aliphatic rings. The van der Waals surface area contributed by atoms with Crippen LogP contribution in [0.4, 0.5) is 0 Å². The van der Waals surface area contributed by atoms with E-state index in [-0.39, 0.29) is 5.56 Å². The molecule has 0 bridgehead atoms. The minimum atomic E-state index is -1.68. The normalized spacial score (nSPS) is 21.9. The van der Waals surface area contributed by atoms with Crippen LogP contribution >= 0.6 is 18.3 Å². The van der Waals surface area contributed by atoms with Crippen molar-refractivity contribution in [1.29, 1.82) is 0 Å². The minimum absolute atomic E-state index is 0.0800. The Morgan fingerprint density at radius 1 is 1.16 bits per heavy atom. The summed E-state index contributed by atoms with van der Waals surface area (Å²) in [5.74, 6) is 0. The van der Waals surface area contributed by atoms with E-state index in [2.05, 4.69) is 22.1 Å². The van der Waals surface area contributed by atoms with Crippen LogP contribution in [0.15, 0.2) is 35.1 Å². The van der Waals surface area contributed by atoms with Crippen LogP contribution in [0, 0.1) is 4.77 Å². The van der Waals surface area contributed by atoms with Gasteiger partial charge in [-0.3, -0.25) is 9.78 Å². The number of aryl methyl sites for hydroxylation is 1. The SMILES string of the molecule is O=c1[nH]c(=S)[nH]c2c1CP(=S)(c1ccccc1)CC2. The molecular weight excluding hydrogens is 295 g/mol. The highest BCUT2D eigenvalue weighted by atomic mass is 32.4. The summed E-state index contributed by atoms with van der Waals surface area (Å²) in [5, 5.41) is 1.22. The molecule has 98 valence electrons. The van der Waals surface area contributed by atoms with Gasteiger partial charge in [0.25, 0.3) is 5.56 Å². The molecule has 0 aliphatic carbocycles. The van der Waals surface area contributed by atoms with E-state index in [1.54, 1.807) is 0 Å². The summed E-state index contributed by atoms with van der Waals surface area (Å²) in [4.78, 5) is 17.8. The van der Waals surface area contributed by atoms with Crippen LogP contribution in [0.5, 0.6) is 0 Å². The van der Waals surface area contributed by atoms with Crippen molar-refractivity contribution in [3.8, 4) is 0 Å². The third-order valence-corrected chi connectivity index (χ3v) is 8.28. The van der Waals surface area contributed by atoms with Gasteiger partial charge in [0.05, 0.1) is 0 Å². The summed E-state index contributed by atoms with van der Waals surface area (Å²) >= 11 is 10.9. The number of rotatable bonds is 1. The summed E-state index contributed by atoms with van der Waals surface area (Å²) in [6, 6.07) is 8.52. The van der Waals surface area contributed by atoms with Gasteiger partial charge in [0.2, 0.25) is 0 Å². The average Bonchev–Trinajstić information content (AvgIpc) is 2.41. The average molecular weight is 308 g/mol. The molecule has 6 heteroatoms. The van der Waals surface area contributed by atoms with Crippen molar-refractivity contribution in [2.24, 2.45) is 0 Å². The number of fused-ring (bicyclic) bond motifs is 1. The molecule has 1 atom stereocenters. The first kappa shape index (κ1) is 13.0. The lowest BCUT2D eigenvalue weighted by atomic mass is 10.2. The first-order valence-corrected chi connectivity index (χ1v) is 9.65. The van der Waals surface area contributed by atoms with Crippen molar-refractivity contribution in [2.45, 2.75) is 12.6 Å². The van der Waals surface area contributed by atoms with Gasteiger partial charge in [-0.25, -0.2) is 0 Å². The van der Waals surface area contributed by atoms with Gasteiger partial charge in [0, 0.05) is 17.4 Å². The molecule has 2 heterocycles. The summed E-state index contributed by atoms with van der Waals surface area (Å²) in [5.41, 5.74) is 1.68. The highest BCUT2D eigenvalue weighted by Gasteiger charge is 2.28. The second-order valence-electron chi connectivity index (χ2n) is 4.72. The minimum Gasteiger partial charge on any atom is -0.336 e. The Bertz CT molecular complexity index is 779. The Kier molecular flexibility index (Phi) is 3.29. The molecule has 0 saturated carbocycles. The number of nitrogens with one attached hydrogen (secondary N) is 2. The van der Waals surface area contributed by atoms with E-state index in [0.717, 1.165) is 23.8 Å². The van der Waals surface area contributed by atoms with Crippen LogP contribution in [-0.2, 0) is 24.4 Å². The lowest BCUT2D eigenvalue weighted by Crippen LogP contribution is -2.25. The summed E-state index contributed by atoms with van der Waals surface area (Å²) in [6.07, 6.45) is 2.45. The maximum atomic E-state index is 12.0. The van der Waals surface area contributed by atoms with Gasteiger partial charge < -0.3 is 4.98 Å². The Morgan fingerprint density at radius 3 is 2.63 bits per heavy atom. The first-order chi connectivity index (χ1) is 9.08. The molecule has 1 unspecified atom stereocenters. The molecule has 2 aromatic rings. The zero-order chi connectivity index (χ0) is 13.5. The molecule has 0 amide bonds. The van der Waals surface area contributed by atoms with E-state index >= 15 is 0 Å². The highest BCUT2D eigenvalue weighted by molar-refractivity contribution is 8.17. The molecule has 3 rings (SSSR count). The Labute approximate surface area is 121 Å². The van der Waals surface area contributed by atoms with Crippen molar-refractivity contribution in [3.63, 3.8) is 0 Å². The third-order valence-electron chi connectivity index (χ3n) is 3.49. The van der Waals surface area contributed by atoms with Gasteiger partial charge in [0.15, 0.2) is 4.77 Å². The monoisotopic (exact) mass is 308 g/mol. The molecule has 19 heavy (non-hydrogen) atoms. The molecule has 1 aromatic heterocycles. The van der Waals surface area contributed by atoms with Crippen LogP contribution in [0.2, 0.25) is 0 Å². The first-order valence-electron chi connectivity index (χ1n) is 6.06. The lowest BCUT2D eigenvalue weighted by Gasteiger charge is -2.28. The molecular formula is C13H13N2OPS2. The number of aromatic nitrogens is 2. The van der Waals surface area contributed by atoms with Crippen LogP contribution in [0.3, 0.4) is 0 Å². The molecule has 2 N–H and O–H groups in total. The van der Waals surface area contributed by atoms with E-state index < -0.39 is 6.04 Å². The standard InChI is InChI=1S/C13H13N2OPS2/c16-12-10-8-17(19,9-4-2-1-3-5-9)7-6-11(10)14-13(18)15-12/h1-5H,6-8H2,(H2,14,15,16,18). The fourth-order valence-electron chi connectivity index (χ4n) is 2.49. The molecule has 0 saturated heterocycles. The van der Waals surface area contributed by atoms with Gasteiger partial charge in [-0.1, -0.05) is 42.1 Å². The maximum Gasteiger partial charge on any atom is 0.255 e. The van der Waals surface area contributed by atoms with E-state index in [4.69, 9.17) is 24.0 Å². The zero-order valence-electron chi connectivity index (χ0n) is 10.2. The quantitative estimate of drug-likeness (QED) is 0.628. The van der Waals surface area contributed by atoms with E-state index in [0.29, 0.717) is 10.9 Å². The highest BCUT2D eigenvalue weighted by Crippen LogP contribution is 2.51. The van der Waals surface area contributed by atoms with Gasteiger partial charge in [0.1, 0.15) is 0 Å². The van der Waals surface area contributed by atoms with Gasteiger partial charge in [-0.2, -0.15) is 0 Å². The second-order valence-corrected chi connectivity index (χ2v) is 10.3. The number of hydrogen-bond donors (Lipinski definition) is 2.